The summed E-state index contributed by atoms with van der Waals surface area (Å²) in [5.41, 5.74) is 0.374. The van der Waals surface area contributed by atoms with E-state index in [4.69, 9.17) is 4.55 Å². The highest BCUT2D eigenvalue weighted by Crippen LogP contribution is 2.17. The molecule has 0 amide bonds. The molecule has 1 rings (SSSR count). The first kappa shape index (κ1) is 9.28. The van der Waals surface area contributed by atoms with E-state index in [9.17, 15) is 13.0 Å². The van der Waals surface area contributed by atoms with Gasteiger partial charge in [0.2, 0.25) is 0 Å². The van der Waals surface area contributed by atoms with Crippen LogP contribution in [0.1, 0.15) is 5.56 Å². The van der Waals surface area contributed by atoms with Crippen LogP contribution in [-0.2, 0) is 11.1 Å². The number of rotatable bonds is 1. The molecule has 1 aromatic rings. The SMILES string of the molecule is Cc1cc(F)c(S(=O)O)c(F)c1. The highest BCUT2D eigenvalue weighted by Gasteiger charge is 2.14. The zero-order valence-corrected chi connectivity index (χ0v) is 6.99. The van der Waals surface area contributed by atoms with Crippen LogP contribution < -0.4 is 0 Å². The molecule has 0 aliphatic carbocycles. The summed E-state index contributed by atoms with van der Waals surface area (Å²) in [6.45, 7) is 1.50. The van der Waals surface area contributed by atoms with Gasteiger partial charge in [0.1, 0.15) is 16.5 Å². The van der Waals surface area contributed by atoms with Crippen LogP contribution in [0.5, 0.6) is 0 Å². The average Bonchev–Trinajstić information content (AvgIpc) is 1.82. The number of halogens is 2. The summed E-state index contributed by atoms with van der Waals surface area (Å²) in [4.78, 5) is -0.791. The molecule has 1 aromatic carbocycles. The summed E-state index contributed by atoms with van der Waals surface area (Å²) in [5, 5.41) is 0. The summed E-state index contributed by atoms with van der Waals surface area (Å²) in [7, 11) is 0. The summed E-state index contributed by atoms with van der Waals surface area (Å²) in [6.07, 6.45) is 0. The average molecular weight is 192 g/mol. The second-order valence-corrected chi connectivity index (χ2v) is 3.21. The van der Waals surface area contributed by atoms with Gasteiger partial charge >= 0.3 is 0 Å². The zero-order valence-electron chi connectivity index (χ0n) is 6.17. The molecule has 1 atom stereocenters. The quantitative estimate of drug-likeness (QED) is 0.689. The number of hydrogen-bond acceptors (Lipinski definition) is 1. The highest BCUT2D eigenvalue weighted by molar-refractivity contribution is 7.79. The number of benzene rings is 1. The molecule has 0 spiro atoms. The number of hydrogen-bond donors (Lipinski definition) is 1. The van der Waals surface area contributed by atoms with Gasteiger partial charge in [0.15, 0.2) is 11.1 Å². The van der Waals surface area contributed by atoms with Crippen molar-refractivity contribution in [2.75, 3.05) is 0 Å². The lowest BCUT2D eigenvalue weighted by atomic mass is 10.2. The molecule has 0 heterocycles. The van der Waals surface area contributed by atoms with Crippen LogP contribution >= 0.6 is 0 Å². The molecule has 66 valence electrons. The van der Waals surface area contributed by atoms with Gasteiger partial charge < -0.3 is 4.55 Å². The Hall–Kier alpha value is -0.810. The van der Waals surface area contributed by atoms with Gasteiger partial charge in [-0.2, -0.15) is 0 Å². The Balaban J connectivity index is 3.38. The van der Waals surface area contributed by atoms with Gasteiger partial charge in [-0.1, -0.05) is 0 Å². The lowest BCUT2D eigenvalue weighted by Crippen LogP contribution is -1.98. The van der Waals surface area contributed by atoms with E-state index >= 15 is 0 Å². The molecule has 1 N–H and O–H groups in total. The molecule has 0 aliphatic rings. The van der Waals surface area contributed by atoms with E-state index in [1.807, 2.05) is 0 Å². The van der Waals surface area contributed by atoms with Crippen molar-refractivity contribution in [3.8, 4) is 0 Å². The standard InChI is InChI=1S/C7H6F2O2S/c1-4-2-5(8)7(12(10)11)6(9)3-4/h2-3H,1H3,(H,10,11). The highest BCUT2D eigenvalue weighted by atomic mass is 32.2. The molecule has 1 unspecified atom stereocenters. The zero-order chi connectivity index (χ0) is 9.30. The normalized spacial score (nSPS) is 13.0. The predicted octanol–water partition coefficient (Wildman–Crippen LogP) is 1.85. The molecule has 12 heavy (non-hydrogen) atoms. The van der Waals surface area contributed by atoms with Crippen molar-refractivity contribution in [2.24, 2.45) is 0 Å². The molecule has 2 nitrogen and oxygen atoms in total. The van der Waals surface area contributed by atoms with E-state index in [1.165, 1.54) is 6.92 Å². The molecule has 0 bridgehead atoms. The minimum Gasteiger partial charge on any atom is -0.302 e. The molecular formula is C7H6F2O2S. The monoisotopic (exact) mass is 192 g/mol. The van der Waals surface area contributed by atoms with Crippen LogP contribution in [0.3, 0.4) is 0 Å². The summed E-state index contributed by atoms with van der Waals surface area (Å²) < 4.78 is 44.4. The fraction of sp³-hybridized carbons (Fsp3) is 0.143. The van der Waals surface area contributed by atoms with E-state index < -0.39 is 27.6 Å². The molecule has 0 radical (unpaired) electrons. The Bertz CT molecular complexity index is 315. The lowest BCUT2D eigenvalue weighted by Gasteiger charge is -2.00. The second-order valence-electron chi connectivity index (χ2n) is 2.31. The Labute approximate surface area is 70.5 Å². The van der Waals surface area contributed by atoms with Crippen molar-refractivity contribution in [3.05, 3.63) is 29.3 Å². The van der Waals surface area contributed by atoms with Crippen LogP contribution in [0, 0.1) is 18.6 Å². The van der Waals surface area contributed by atoms with Crippen LogP contribution in [0.25, 0.3) is 0 Å². The first-order valence-electron chi connectivity index (χ1n) is 3.09. The maximum atomic E-state index is 12.8. The van der Waals surface area contributed by atoms with Crippen LogP contribution in [0.15, 0.2) is 17.0 Å². The molecule has 0 saturated heterocycles. The molecule has 0 saturated carbocycles. The van der Waals surface area contributed by atoms with Crippen molar-refractivity contribution in [1.29, 1.82) is 0 Å². The van der Waals surface area contributed by atoms with Gasteiger partial charge in [0.05, 0.1) is 0 Å². The largest absolute Gasteiger partial charge is 0.302 e. The van der Waals surface area contributed by atoms with E-state index in [0.29, 0.717) is 5.56 Å². The predicted molar refractivity (Wildman–Crippen MR) is 40.1 cm³/mol. The van der Waals surface area contributed by atoms with Crippen LogP contribution in [0.4, 0.5) is 8.78 Å². The van der Waals surface area contributed by atoms with Crippen molar-refractivity contribution in [3.63, 3.8) is 0 Å². The van der Waals surface area contributed by atoms with E-state index in [2.05, 4.69) is 0 Å². The molecule has 0 aromatic heterocycles. The van der Waals surface area contributed by atoms with Gasteiger partial charge in [0.25, 0.3) is 0 Å². The van der Waals surface area contributed by atoms with Crippen molar-refractivity contribution >= 4 is 11.1 Å². The van der Waals surface area contributed by atoms with Crippen LogP contribution in [-0.4, -0.2) is 8.76 Å². The van der Waals surface area contributed by atoms with Gasteiger partial charge in [-0.15, -0.1) is 0 Å². The van der Waals surface area contributed by atoms with Crippen molar-refractivity contribution < 1.29 is 17.5 Å². The van der Waals surface area contributed by atoms with E-state index in [-0.39, 0.29) is 0 Å². The first-order valence-corrected chi connectivity index (χ1v) is 4.19. The minimum atomic E-state index is -2.61. The topological polar surface area (TPSA) is 37.3 Å². The molecule has 0 aliphatic heterocycles. The third kappa shape index (κ3) is 1.67. The molecule has 0 fully saturated rings. The summed E-state index contributed by atoms with van der Waals surface area (Å²) in [5.74, 6) is -1.98. The Morgan fingerprint density at radius 1 is 1.33 bits per heavy atom. The van der Waals surface area contributed by atoms with E-state index in [1.54, 1.807) is 0 Å². The van der Waals surface area contributed by atoms with Crippen molar-refractivity contribution in [2.45, 2.75) is 11.8 Å². The van der Waals surface area contributed by atoms with Crippen LogP contribution in [0.2, 0.25) is 0 Å². The fourth-order valence-electron chi connectivity index (χ4n) is 0.853. The Kier molecular flexibility index (Phi) is 2.54. The minimum absolute atomic E-state index is 0.374. The molecule has 5 heteroatoms. The smallest absolute Gasteiger partial charge is 0.192 e. The fourth-order valence-corrected chi connectivity index (χ4v) is 1.30. The summed E-state index contributed by atoms with van der Waals surface area (Å²) >= 11 is -2.61. The first-order chi connectivity index (χ1) is 5.52. The summed E-state index contributed by atoms with van der Waals surface area (Å²) in [6, 6.07) is 2.01. The van der Waals surface area contributed by atoms with E-state index in [0.717, 1.165) is 12.1 Å². The number of aryl methyl sites for hydroxylation is 1. The Morgan fingerprint density at radius 2 is 1.75 bits per heavy atom. The third-order valence-corrected chi connectivity index (χ3v) is 2.06. The van der Waals surface area contributed by atoms with Gasteiger partial charge in [-0.05, 0) is 24.6 Å². The van der Waals surface area contributed by atoms with Crippen molar-refractivity contribution in [1.82, 2.24) is 0 Å². The maximum absolute atomic E-state index is 12.8. The maximum Gasteiger partial charge on any atom is 0.192 e. The molecular weight excluding hydrogens is 186 g/mol. The lowest BCUT2D eigenvalue weighted by molar-refractivity contribution is 0.506. The Morgan fingerprint density at radius 3 is 2.08 bits per heavy atom. The van der Waals surface area contributed by atoms with Gasteiger partial charge in [0, 0.05) is 0 Å². The third-order valence-electron chi connectivity index (χ3n) is 1.32. The second kappa shape index (κ2) is 3.28. The van der Waals surface area contributed by atoms with Gasteiger partial charge in [-0.3, -0.25) is 0 Å². The van der Waals surface area contributed by atoms with Gasteiger partial charge in [-0.25, -0.2) is 13.0 Å².